The second-order valence-corrected chi connectivity index (χ2v) is 8.42. The molecule has 1 N–H and O–H groups in total. The van der Waals surface area contributed by atoms with E-state index in [1.54, 1.807) is 68.8 Å². The van der Waals surface area contributed by atoms with Crippen LogP contribution < -0.4 is 25.1 Å². The molecule has 1 amide bonds. The van der Waals surface area contributed by atoms with Crippen LogP contribution >= 0.6 is 0 Å². The first-order valence-corrected chi connectivity index (χ1v) is 12.2. The zero-order valence-corrected chi connectivity index (χ0v) is 22.4. The van der Waals surface area contributed by atoms with Gasteiger partial charge in [0.1, 0.15) is 29.4 Å². The third-order valence-corrected chi connectivity index (χ3v) is 5.76. The normalized spacial score (nSPS) is 11.3. The van der Waals surface area contributed by atoms with Gasteiger partial charge in [-0.05, 0) is 56.3 Å². The molecule has 10 heteroatoms. The number of aryl methyl sites for hydroxylation is 1. The predicted molar refractivity (Wildman–Crippen MR) is 145 cm³/mol. The molecule has 10 nitrogen and oxygen atoms in total. The molecule has 0 aliphatic rings. The zero-order chi connectivity index (χ0) is 27.9. The summed E-state index contributed by atoms with van der Waals surface area (Å²) in [5.74, 6) is 0.775. The summed E-state index contributed by atoms with van der Waals surface area (Å²) in [5, 5.41) is 3.44. The average molecular weight is 532 g/mol. The van der Waals surface area contributed by atoms with E-state index in [2.05, 4.69) is 15.3 Å². The maximum Gasteiger partial charge on any atom is 0.302 e. The van der Waals surface area contributed by atoms with E-state index >= 15 is 0 Å². The van der Waals surface area contributed by atoms with E-state index in [9.17, 15) is 9.59 Å². The molecule has 0 atom stereocenters. The van der Waals surface area contributed by atoms with Crippen LogP contribution in [0.25, 0.3) is 11.0 Å². The lowest BCUT2D eigenvalue weighted by Crippen LogP contribution is -2.22. The summed E-state index contributed by atoms with van der Waals surface area (Å²) in [6.45, 7) is 5.52. The van der Waals surface area contributed by atoms with Crippen molar-refractivity contribution in [3.63, 3.8) is 0 Å². The van der Waals surface area contributed by atoms with Crippen LogP contribution in [0, 0.1) is 6.92 Å². The molecule has 39 heavy (non-hydrogen) atoms. The van der Waals surface area contributed by atoms with Crippen molar-refractivity contribution in [3.05, 3.63) is 77.1 Å². The van der Waals surface area contributed by atoms with Gasteiger partial charge in [-0.2, -0.15) is 0 Å². The number of hydrogen-bond donors (Lipinski definition) is 1. The first-order chi connectivity index (χ1) is 18.8. The standard InChI is InChI=1S/C29H29N3O7/c1-6-37-21-9-7-20(8-10-21)31-29-24(28(34)32-25-12-11-22(35-4)13-26(25)36-5)14-23-19(16-38-18(3)33)15-30-17(2)27(23)39-29/h7-15H,6,16H2,1-5H3,(H,32,34). The van der Waals surface area contributed by atoms with Crippen molar-refractivity contribution >= 4 is 34.2 Å². The van der Waals surface area contributed by atoms with Crippen LogP contribution in [0.2, 0.25) is 0 Å². The fourth-order valence-corrected chi connectivity index (χ4v) is 3.82. The van der Waals surface area contributed by atoms with Crippen LogP contribution in [-0.2, 0) is 16.1 Å². The Labute approximate surface area is 225 Å². The van der Waals surface area contributed by atoms with Gasteiger partial charge in [0.25, 0.3) is 5.91 Å². The lowest BCUT2D eigenvalue weighted by atomic mass is 10.1. The number of ether oxygens (including phenoxy) is 4. The molecule has 2 aromatic heterocycles. The van der Waals surface area contributed by atoms with E-state index in [0.29, 0.717) is 57.5 Å². The maximum atomic E-state index is 13.7. The summed E-state index contributed by atoms with van der Waals surface area (Å²) in [7, 11) is 3.04. The zero-order valence-electron chi connectivity index (χ0n) is 22.4. The van der Waals surface area contributed by atoms with Crippen molar-refractivity contribution in [1.29, 1.82) is 0 Å². The second kappa shape index (κ2) is 12.1. The quantitative estimate of drug-likeness (QED) is 0.296. The average Bonchev–Trinajstić information content (AvgIpc) is 2.94. The molecule has 0 saturated heterocycles. The molecule has 0 unspecified atom stereocenters. The highest BCUT2D eigenvalue weighted by atomic mass is 16.5. The lowest BCUT2D eigenvalue weighted by Gasteiger charge is -2.13. The van der Waals surface area contributed by atoms with Gasteiger partial charge in [0, 0.05) is 30.1 Å². The molecule has 0 aliphatic carbocycles. The van der Waals surface area contributed by atoms with Gasteiger partial charge in [0.2, 0.25) is 5.55 Å². The minimum Gasteiger partial charge on any atom is -0.497 e. The van der Waals surface area contributed by atoms with E-state index in [4.69, 9.17) is 23.4 Å². The molecule has 2 aromatic carbocycles. The van der Waals surface area contributed by atoms with Crippen LogP contribution in [0.4, 0.5) is 11.4 Å². The van der Waals surface area contributed by atoms with Gasteiger partial charge >= 0.3 is 5.97 Å². The molecule has 202 valence electrons. The Morgan fingerprint density at radius 1 is 1.03 bits per heavy atom. The number of pyridine rings is 1. The molecule has 2 heterocycles. The highest BCUT2D eigenvalue weighted by Gasteiger charge is 2.19. The highest BCUT2D eigenvalue weighted by Crippen LogP contribution is 2.30. The predicted octanol–water partition coefficient (Wildman–Crippen LogP) is 5.10. The number of carbonyl (C=O) groups excluding carboxylic acids is 2. The first-order valence-electron chi connectivity index (χ1n) is 12.2. The Morgan fingerprint density at radius 3 is 2.44 bits per heavy atom. The molecule has 4 rings (SSSR count). The van der Waals surface area contributed by atoms with Crippen LogP contribution in [0.1, 0.15) is 35.5 Å². The van der Waals surface area contributed by atoms with Gasteiger partial charge in [-0.25, -0.2) is 4.99 Å². The number of nitrogens with one attached hydrogen (secondary N) is 1. The van der Waals surface area contributed by atoms with Crippen molar-refractivity contribution in [1.82, 2.24) is 4.98 Å². The molecule has 0 spiro atoms. The van der Waals surface area contributed by atoms with Crippen molar-refractivity contribution in [2.24, 2.45) is 4.99 Å². The summed E-state index contributed by atoms with van der Waals surface area (Å²) < 4.78 is 27.6. The van der Waals surface area contributed by atoms with Crippen LogP contribution in [0.3, 0.4) is 0 Å². The van der Waals surface area contributed by atoms with Crippen LogP contribution in [-0.4, -0.2) is 37.7 Å². The number of rotatable bonds is 9. The van der Waals surface area contributed by atoms with Gasteiger partial charge in [-0.1, -0.05) is 0 Å². The molecule has 0 bridgehead atoms. The number of fused-ring (bicyclic) bond motifs is 1. The minimum absolute atomic E-state index is 0.0304. The second-order valence-electron chi connectivity index (χ2n) is 8.42. The Morgan fingerprint density at radius 2 is 1.77 bits per heavy atom. The van der Waals surface area contributed by atoms with E-state index in [0.717, 1.165) is 0 Å². The van der Waals surface area contributed by atoms with Crippen molar-refractivity contribution in [2.75, 3.05) is 26.1 Å². The van der Waals surface area contributed by atoms with Gasteiger partial charge in [0.15, 0.2) is 5.58 Å². The molecule has 4 aromatic rings. The molecule has 0 fully saturated rings. The summed E-state index contributed by atoms with van der Waals surface area (Å²) in [4.78, 5) is 34.1. The van der Waals surface area contributed by atoms with E-state index in [-0.39, 0.29) is 17.7 Å². The van der Waals surface area contributed by atoms with E-state index < -0.39 is 11.9 Å². The number of aromatic nitrogens is 1. The van der Waals surface area contributed by atoms with E-state index in [1.807, 2.05) is 6.92 Å². The Hall–Kier alpha value is -4.86. The van der Waals surface area contributed by atoms with Crippen molar-refractivity contribution < 1.29 is 33.0 Å². The number of methoxy groups -OCH3 is 2. The number of nitrogens with zero attached hydrogens (tertiary/aromatic N) is 2. The van der Waals surface area contributed by atoms with Crippen LogP contribution in [0.5, 0.6) is 17.2 Å². The number of esters is 1. The lowest BCUT2D eigenvalue weighted by molar-refractivity contribution is -0.142. The number of anilines is 1. The minimum atomic E-state index is -0.485. The highest BCUT2D eigenvalue weighted by molar-refractivity contribution is 6.06. The number of amides is 1. The number of carbonyl (C=O) groups is 2. The van der Waals surface area contributed by atoms with Gasteiger partial charge in [-0.15, -0.1) is 0 Å². The summed E-state index contributed by atoms with van der Waals surface area (Å²) >= 11 is 0. The summed E-state index contributed by atoms with van der Waals surface area (Å²) in [6.07, 6.45) is 1.59. The van der Waals surface area contributed by atoms with E-state index in [1.165, 1.54) is 14.0 Å². The SMILES string of the molecule is CCOc1ccc(N=c2oc3c(C)ncc(COC(C)=O)c3cc2C(=O)Nc2ccc(OC)cc2OC)cc1. The van der Waals surface area contributed by atoms with Gasteiger partial charge < -0.3 is 28.7 Å². The fourth-order valence-electron chi connectivity index (χ4n) is 3.82. The summed E-state index contributed by atoms with van der Waals surface area (Å²) in [6, 6.07) is 13.8. The number of benzene rings is 2. The topological polar surface area (TPSA) is 121 Å². The van der Waals surface area contributed by atoms with Gasteiger partial charge in [-0.3, -0.25) is 14.6 Å². The van der Waals surface area contributed by atoms with Crippen LogP contribution in [0.15, 0.2) is 64.1 Å². The van der Waals surface area contributed by atoms with Crippen molar-refractivity contribution in [2.45, 2.75) is 27.4 Å². The summed E-state index contributed by atoms with van der Waals surface area (Å²) in [5.41, 5.74) is 2.81. The molecule has 0 saturated carbocycles. The Balaban J connectivity index is 1.87. The third kappa shape index (κ3) is 6.35. The monoisotopic (exact) mass is 531 g/mol. The Kier molecular flexibility index (Phi) is 8.45. The third-order valence-electron chi connectivity index (χ3n) is 5.76. The Bertz CT molecular complexity index is 1580. The largest absolute Gasteiger partial charge is 0.497 e. The smallest absolute Gasteiger partial charge is 0.302 e. The molecule has 0 aliphatic heterocycles. The van der Waals surface area contributed by atoms with Gasteiger partial charge in [0.05, 0.1) is 37.9 Å². The fraction of sp³-hybridized carbons (Fsp3) is 0.241. The number of hydrogen-bond acceptors (Lipinski definition) is 9. The maximum absolute atomic E-state index is 13.7. The molecular weight excluding hydrogens is 502 g/mol. The van der Waals surface area contributed by atoms with Crippen molar-refractivity contribution in [3.8, 4) is 17.2 Å². The molecular formula is C29H29N3O7. The first kappa shape index (κ1) is 27.2. The molecule has 0 radical (unpaired) electrons.